The largest absolute Gasteiger partial charge is 0.379 e. The summed E-state index contributed by atoms with van der Waals surface area (Å²) in [5.74, 6) is 0. The lowest BCUT2D eigenvalue weighted by molar-refractivity contribution is 0.00475. The Morgan fingerprint density at radius 3 is 2.56 bits per heavy atom. The van der Waals surface area contributed by atoms with E-state index in [1.807, 2.05) is 0 Å². The summed E-state index contributed by atoms with van der Waals surface area (Å²) in [7, 11) is 0. The first kappa shape index (κ1) is 13.5. The average molecular weight is 252 g/mol. The van der Waals surface area contributed by atoms with Crippen molar-refractivity contribution in [2.75, 3.05) is 26.3 Å². The lowest BCUT2D eigenvalue weighted by Gasteiger charge is -2.30. The van der Waals surface area contributed by atoms with Crippen LogP contribution in [0.2, 0.25) is 0 Å². The molecule has 1 saturated heterocycles. The minimum Gasteiger partial charge on any atom is -0.379 e. The molecule has 102 valence electrons. The second kappa shape index (κ2) is 5.82. The third-order valence-electron chi connectivity index (χ3n) is 3.56. The third-order valence-corrected chi connectivity index (χ3v) is 3.56. The van der Waals surface area contributed by atoms with Crippen LogP contribution in [0.5, 0.6) is 0 Å². The van der Waals surface area contributed by atoms with Crippen LogP contribution >= 0.6 is 0 Å². The number of ether oxygens (including phenoxy) is 1. The second-order valence-electron chi connectivity index (χ2n) is 4.85. The van der Waals surface area contributed by atoms with Crippen molar-refractivity contribution in [1.29, 1.82) is 0 Å². The summed E-state index contributed by atoms with van der Waals surface area (Å²) < 4.78 is 7.43. The lowest BCUT2D eigenvalue weighted by Crippen LogP contribution is -2.46. The van der Waals surface area contributed by atoms with Gasteiger partial charge in [0.15, 0.2) is 0 Å². The third kappa shape index (κ3) is 2.74. The van der Waals surface area contributed by atoms with E-state index in [2.05, 4.69) is 47.9 Å². The van der Waals surface area contributed by atoms with E-state index < -0.39 is 0 Å². The van der Waals surface area contributed by atoms with Crippen molar-refractivity contribution < 1.29 is 4.74 Å². The molecule has 1 unspecified atom stereocenters. The smallest absolute Gasteiger partial charge is 0.0644 e. The minimum atomic E-state index is 0.295. The maximum atomic E-state index is 5.36. The molecule has 1 N–H and O–H groups in total. The predicted molar refractivity (Wildman–Crippen MR) is 71.3 cm³/mol. The fourth-order valence-electron chi connectivity index (χ4n) is 2.68. The van der Waals surface area contributed by atoms with E-state index in [0.29, 0.717) is 6.04 Å². The molecule has 1 aromatic rings. The number of morpholine rings is 1. The monoisotopic (exact) mass is 252 g/mol. The molecule has 0 bridgehead atoms. The fourth-order valence-corrected chi connectivity index (χ4v) is 2.68. The van der Waals surface area contributed by atoms with Crippen molar-refractivity contribution >= 4 is 0 Å². The van der Waals surface area contributed by atoms with Gasteiger partial charge in [-0.15, -0.1) is 0 Å². The van der Waals surface area contributed by atoms with E-state index in [4.69, 9.17) is 4.74 Å². The van der Waals surface area contributed by atoms with Gasteiger partial charge in [-0.05, 0) is 27.7 Å². The van der Waals surface area contributed by atoms with Crippen LogP contribution < -0.4 is 5.43 Å². The Kier molecular flexibility index (Phi) is 4.37. The SMILES string of the molecule is CCn1nc(C)c(C(C)NN2CCOCC2)c1C. The van der Waals surface area contributed by atoms with Gasteiger partial charge in [-0.2, -0.15) is 5.10 Å². The van der Waals surface area contributed by atoms with Crippen molar-refractivity contribution in [3.05, 3.63) is 17.0 Å². The zero-order valence-corrected chi connectivity index (χ0v) is 11.9. The van der Waals surface area contributed by atoms with Crippen LogP contribution in [-0.2, 0) is 11.3 Å². The number of hydrazine groups is 1. The summed E-state index contributed by atoms with van der Waals surface area (Å²) in [6, 6.07) is 0.295. The molecule has 0 saturated carbocycles. The van der Waals surface area contributed by atoms with Crippen LogP contribution in [0.4, 0.5) is 0 Å². The molecule has 0 radical (unpaired) electrons. The zero-order valence-electron chi connectivity index (χ0n) is 11.9. The van der Waals surface area contributed by atoms with Crippen molar-refractivity contribution in [3.8, 4) is 0 Å². The van der Waals surface area contributed by atoms with E-state index in [1.165, 1.54) is 11.3 Å². The van der Waals surface area contributed by atoms with Gasteiger partial charge in [0, 0.05) is 36.9 Å². The molecular formula is C13H24N4O. The summed E-state index contributed by atoms with van der Waals surface area (Å²) in [5, 5.41) is 6.82. The summed E-state index contributed by atoms with van der Waals surface area (Å²) in [5.41, 5.74) is 7.27. The molecule has 2 heterocycles. The lowest BCUT2D eigenvalue weighted by atomic mass is 10.1. The highest BCUT2D eigenvalue weighted by Crippen LogP contribution is 2.21. The van der Waals surface area contributed by atoms with Gasteiger partial charge >= 0.3 is 0 Å². The molecule has 2 rings (SSSR count). The number of hydrogen-bond donors (Lipinski definition) is 1. The van der Waals surface area contributed by atoms with Gasteiger partial charge in [-0.1, -0.05) is 0 Å². The van der Waals surface area contributed by atoms with Crippen LogP contribution in [-0.4, -0.2) is 41.1 Å². The van der Waals surface area contributed by atoms with E-state index >= 15 is 0 Å². The average Bonchev–Trinajstić information content (AvgIpc) is 2.65. The molecular weight excluding hydrogens is 228 g/mol. The number of aromatic nitrogens is 2. The summed E-state index contributed by atoms with van der Waals surface area (Å²) in [6.45, 7) is 13.0. The van der Waals surface area contributed by atoms with Crippen LogP contribution in [0.3, 0.4) is 0 Å². The maximum absolute atomic E-state index is 5.36. The maximum Gasteiger partial charge on any atom is 0.0644 e. The van der Waals surface area contributed by atoms with E-state index in [9.17, 15) is 0 Å². The van der Waals surface area contributed by atoms with Crippen molar-refractivity contribution in [1.82, 2.24) is 20.2 Å². The van der Waals surface area contributed by atoms with Gasteiger partial charge in [-0.25, -0.2) is 10.4 Å². The Labute approximate surface area is 109 Å². The highest BCUT2D eigenvalue weighted by molar-refractivity contribution is 5.27. The highest BCUT2D eigenvalue weighted by Gasteiger charge is 2.20. The number of nitrogens with one attached hydrogen (secondary N) is 1. The molecule has 5 heteroatoms. The standard InChI is InChI=1S/C13H24N4O/c1-5-17-12(4)13(11(3)15-17)10(2)14-16-6-8-18-9-7-16/h10,14H,5-9H2,1-4H3. The van der Waals surface area contributed by atoms with Gasteiger partial charge < -0.3 is 4.74 Å². The quantitative estimate of drug-likeness (QED) is 0.880. The molecule has 1 aromatic heterocycles. The molecule has 18 heavy (non-hydrogen) atoms. The van der Waals surface area contributed by atoms with Gasteiger partial charge in [0.05, 0.1) is 18.9 Å². The van der Waals surface area contributed by atoms with Crippen molar-refractivity contribution in [3.63, 3.8) is 0 Å². The molecule has 0 aromatic carbocycles. The van der Waals surface area contributed by atoms with E-state index in [1.54, 1.807) is 0 Å². The molecule has 0 aliphatic carbocycles. The Hall–Kier alpha value is -0.910. The number of nitrogens with zero attached hydrogens (tertiary/aromatic N) is 3. The molecule has 5 nitrogen and oxygen atoms in total. The Balaban J connectivity index is 2.07. The van der Waals surface area contributed by atoms with Gasteiger partial charge in [0.2, 0.25) is 0 Å². The topological polar surface area (TPSA) is 42.3 Å². The first-order valence-electron chi connectivity index (χ1n) is 6.76. The van der Waals surface area contributed by atoms with E-state index in [0.717, 1.165) is 38.5 Å². The summed E-state index contributed by atoms with van der Waals surface area (Å²) >= 11 is 0. The van der Waals surface area contributed by atoms with Crippen LogP contribution in [0.15, 0.2) is 0 Å². The normalized spacial score (nSPS) is 19.1. The van der Waals surface area contributed by atoms with Crippen molar-refractivity contribution in [2.24, 2.45) is 0 Å². The Morgan fingerprint density at radius 2 is 2.00 bits per heavy atom. The van der Waals surface area contributed by atoms with Crippen LogP contribution in [0.25, 0.3) is 0 Å². The summed E-state index contributed by atoms with van der Waals surface area (Å²) in [6.07, 6.45) is 0. The molecule has 1 atom stereocenters. The van der Waals surface area contributed by atoms with Gasteiger partial charge in [0.25, 0.3) is 0 Å². The highest BCUT2D eigenvalue weighted by atomic mass is 16.5. The summed E-state index contributed by atoms with van der Waals surface area (Å²) in [4.78, 5) is 0. The first-order chi connectivity index (χ1) is 8.63. The number of rotatable bonds is 4. The molecule has 1 fully saturated rings. The molecule has 1 aliphatic rings. The molecule has 0 spiro atoms. The molecule has 1 aliphatic heterocycles. The number of hydrogen-bond acceptors (Lipinski definition) is 4. The number of aryl methyl sites for hydroxylation is 2. The predicted octanol–water partition coefficient (Wildman–Crippen LogP) is 1.42. The van der Waals surface area contributed by atoms with E-state index in [-0.39, 0.29) is 0 Å². The first-order valence-corrected chi connectivity index (χ1v) is 6.76. The zero-order chi connectivity index (χ0) is 13.1. The van der Waals surface area contributed by atoms with Crippen LogP contribution in [0.1, 0.15) is 36.8 Å². The fraction of sp³-hybridized carbons (Fsp3) is 0.769. The minimum absolute atomic E-state index is 0.295. The molecule has 0 amide bonds. The van der Waals surface area contributed by atoms with Crippen molar-refractivity contribution in [2.45, 2.75) is 40.3 Å². The Morgan fingerprint density at radius 1 is 1.33 bits per heavy atom. The Bertz CT molecular complexity index is 396. The van der Waals surface area contributed by atoms with Gasteiger partial charge in [0.1, 0.15) is 0 Å². The van der Waals surface area contributed by atoms with Crippen LogP contribution in [0, 0.1) is 13.8 Å². The second-order valence-corrected chi connectivity index (χ2v) is 4.85. The van der Waals surface area contributed by atoms with Gasteiger partial charge in [-0.3, -0.25) is 4.68 Å².